The lowest BCUT2D eigenvalue weighted by Gasteiger charge is -2.40. The molecule has 0 bridgehead atoms. The first-order valence-corrected chi connectivity index (χ1v) is 13.9. The van der Waals surface area contributed by atoms with Crippen LogP contribution in [-0.2, 0) is 0 Å². The van der Waals surface area contributed by atoms with Crippen molar-refractivity contribution in [2.75, 3.05) is 54.9 Å². The molecular formula is C28H28F3N7O2S. The Labute approximate surface area is 238 Å². The third kappa shape index (κ3) is 5.98. The van der Waals surface area contributed by atoms with Crippen molar-refractivity contribution in [3.63, 3.8) is 0 Å². The quantitative estimate of drug-likeness (QED) is 0.441. The molecule has 1 saturated heterocycles. The number of rotatable bonds is 6. The van der Waals surface area contributed by atoms with Gasteiger partial charge in [-0.2, -0.15) is 5.26 Å². The van der Waals surface area contributed by atoms with E-state index in [4.69, 9.17) is 5.26 Å². The molecule has 41 heavy (non-hydrogen) atoms. The summed E-state index contributed by atoms with van der Waals surface area (Å²) >= 11 is 1.29. The molecule has 0 saturated carbocycles. The number of nitriles is 1. The van der Waals surface area contributed by atoms with E-state index in [1.165, 1.54) is 23.6 Å². The number of thiazole rings is 1. The van der Waals surface area contributed by atoms with Crippen LogP contribution in [0.25, 0.3) is 5.57 Å². The second-order valence-corrected chi connectivity index (χ2v) is 11.1. The first-order valence-electron chi connectivity index (χ1n) is 13.1. The van der Waals surface area contributed by atoms with Gasteiger partial charge in [0.25, 0.3) is 12.3 Å². The minimum absolute atomic E-state index is 0.166. The normalized spacial score (nSPS) is 17.9. The molecule has 2 aromatic heterocycles. The Morgan fingerprint density at radius 2 is 2.05 bits per heavy atom. The van der Waals surface area contributed by atoms with Crippen LogP contribution >= 0.6 is 11.3 Å². The highest BCUT2D eigenvalue weighted by atomic mass is 32.1. The molecule has 0 aliphatic carbocycles. The van der Waals surface area contributed by atoms with E-state index in [1.807, 2.05) is 29.8 Å². The first kappa shape index (κ1) is 28.4. The number of carbonyl (C=O) groups is 1. The predicted octanol–water partition coefficient (Wildman–Crippen LogP) is 4.47. The number of halogens is 3. The van der Waals surface area contributed by atoms with Crippen molar-refractivity contribution < 1.29 is 18.0 Å². The van der Waals surface area contributed by atoms with Crippen molar-refractivity contribution >= 4 is 39.3 Å². The maximum atomic E-state index is 15.7. The van der Waals surface area contributed by atoms with Gasteiger partial charge in [0.05, 0.1) is 23.1 Å². The van der Waals surface area contributed by atoms with Crippen LogP contribution in [0.1, 0.15) is 46.1 Å². The summed E-state index contributed by atoms with van der Waals surface area (Å²) in [6.45, 7) is 4.94. The predicted molar refractivity (Wildman–Crippen MR) is 152 cm³/mol. The third-order valence-electron chi connectivity index (χ3n) is 7.50. The van der Waals surface area contributed by atoms with Crippen LogP contribution in [0.15, 0.2) is 41.5 Å². The molecule has 5 rings (SSSR count). The van der Waals surface area contributed by atoms with Crippen molar-refractivity contribution in [1.29, 1.82) is 5.26 Å². The van der Waals surface area contributed by atoms with Crippen molar-refractivity contribution in [2.45, 2.75) is 25.8 Å². The van der Waals surface area contributed by atoms with E-state index in [0.717, 1.165) is 18.3 Å². The number of nitrogens with zero attached hydrogens (tertiary/aromatic N) is 5. The second kappa shape index (κ2) is 11.8. The molecule has 0 radical (unpaired) electrons. The highest BCUT2D eigenvalue weighted by molar-refractivity contribution is 7.16. The fourth-order valence-electron chi connectivity index (χ4n) is 5.04. The fourth-order valence-corrected chi connectivity index (χ4v) is 5.79. The highest BCUT2D eigenvalue weighted by Crippen LogP contribution is 2.36. The number of aromatic nitrogens is 2. The Morgan fingerprint density at radius 1 is 1.24 bits per heavy atom. The highest BCUT2D eigenvalue weighted by Gasteiger charge is 2.27. The molecule has 4 heterocycles. The lowest BCUT2D eigenvalue weighted by Crippen LogP contribution is -2.50. The van der Waals surface area contributed by atoms with Gasteiger partial charge < -0.3 is 25.0 Å². The van der Waals surface area contributed by atoms with Crippen LogP contribution < -0.4 is 20.7 Å². The molecule has 1 aromatic carbocycles. The summed E-state index contributed by atoms with van der Waals surface area (Å²) in [5.74, 6) is -1.29. The largest absolute Gasteiger partial charge is 0.367 e. The van der Waals surface area contributed by atoms with Crippen LogP contribution in [-0.4, -0.2) is 66.6 Å². The van der Waals surface area contributed by atoms with Crippen LogP contribution in [0.3, 0.4) is 0 Å². The molecule has 1 amide bonds. The molecule has 0 spiro atoms. The second-order valence-electron chi connectivity index (χ2n) is 10.1. The zero-order valence-corrected chi connectivity index (χ0v) is 23.3. The fraction of sp³-hybridized carbons (Fsp3) is 0.357. The van der Waals surface area contributed by atoms with Crippen LogP contribution in [0.5, 0.6) is 0 Å². The molecule has 2 aliphatic rings. The lowest BCUT2D eigenvalue weighted by atomic mass is 9.97. The van der Waals surface area contributed by atoms with Gasteiger partial charge in [-0.25, -0.2) is 18.2 Å². The number of likely N-dealkylation sites (N-methyl/N-ethyl adjacent to an activating group) is 1. The Hall–Kier alpha value is -4.15. The Bertz CT molecular complexity index is 1600. The summed E-state index contributed by atoms with van der Waals surface area (Å²) < 4.78 is 43.0. The molecule has 9 nitrogen and oxygen atoms in total. The molecule has 1 fully saturated rings. The monoisotopic (exact) mass is 583 g/mol. The SMILES string of the molecule is CC1CN(c2cc(F)c(C3=CCN(c4ncc(C#N)s4)CC3)cc2NC(=O)c2c[nH]c(=O)cc2C(F)F)CCN1C. The maximum Gasteiger partial charge on any atom is 0.264 e. The number of nitrogens with one attached hydrogen (secondary N) is 2. The molecule has 214 valence electrons. The van der Waals surface area contributed by atoms with E-state index in [-0.39, 0.29) is 17.3 Å². The molecule has 2 N–H and O–H groups in total. The summed E-state index contributed by atoms with van der Waals surface area (Å²) in [7, 11) is 2.00. The topological polar surface area (TPSA) is 108 Å². The number of H-pyrrole nitrogens is 1. The number of piperazine rings is 1. The average molecular weight is 584 g/mol. The number of anilines is 3. The van der Waals surface area contributed by atoms with Gasteiger partial charge in [-0.05, 0) is 38.1 Å². The van der Waals surface area contributed by atoms with Gasteiger partial charge in [-0.3, -0.25) is 9.59 Å². The third-order valence-corrected chi connectivity index (χ3v) is 8.46. The standard InChI is InChI=1S/C28H28F3N7O2S/c1-16-15-38(8-7-36(16)2)24-11-22(29)19(17-3-5-37(6-4-17)28-34-13-18(12-32)41-28)9-23(24)35-27(40)21-14-33-25(39)10-20(21)26(30)31/h3,9-11,13-14,16,26H,4-8,15H2,1-2H3,(H,33,39)(H,35,40). The minimum Gasteiger partial charge on any atom is -0.367 e. The Kier molecular flexibility index (Phi) is 8.14. The number of hydrogen-bond donors (Lipinski definition) is 2. The van der Waals surface area contributed by atoms with E-state index in [1.54, 1.807) is 6.07 Å². The van der Waals surface area contributed by atoms with Crippen molar-refractivity contribution in [2.24, 2.45) is 0 Å². The number of pyridine rings is 1. The van der Waals surface area contributed by atoms with Gasteiger partial charge in [0, 0.05) is 62.2 Å². The summed E-state index contributed by atoms with van der Waals surface area (Å²) in [6, 6.07) is 5.89. The Morgan fingerprint density at radius 3 is 2.71 bits per heavy atom. The maximum absolute atomic E-state index is 15.7. The number of carbonyl (C=O) groups excluding carboxylic acids is 1. The van der Waals surface area contributed by atoms with E-state index < -0.39 is 29.3 Å². The number of benzene rings is 1. The van der Waals surface area contributed by atoms with Gasteiger partial charge >= 0.3 is 0 Å². The van der Waals surface area contributed by atoms with E-state index in [9.17, 15) is 18.4 Å². The van der Waals surface area contributed by atoms with Crippen LogP contribution in [0.4, 0.5) is 29.7 Å². The molecule has 13 heteroatoms. The van der Waals surface area contributed by atoms with E-state index in [2.05, 4.69) is 26.3 Å². The summed E-state index contributed by atoms with van der Waals surface area (Å²) in [4.78, 5) is 38.1. The zero-order valence-electron chi connectivity index (χ0n) is 22.5. The summed E-state index contributed by atoms with van der Waals surface area (Å²) in [5, 5.41) is 12.5. The molecule has 1 atom stereocenters. The first-order chi connectivity index (χ1) is 19.6. The number of alkyl halides is 2. The Balaban J connectivity index is 1.49. The van der Waals surface area contributed by atoms with Gasteiger partial charge in [-0.15, -0.1) is 0 Å². The molecule has 1 unspecified atom stereocenters. The summed E-state index contributed by atoms with van der Waals surface area (Å²) in [6.07, 6.45) is 1.84. The number of amides is 1. The molecule has 2 aliphatic heterocycles. The van der Waals surface area contributed by atoms with E-state index >= 15 is 4.39 Å². The minimum atomic E-state index is -3.03. The van der Waals surface area contributed by atoms with Crippen LogP contribution in [0.2, 0.25) is 0 Å². The molecule has 3 aromatic rings. The zero-order chi connectivity index (χ0) is 29.3. The van der Waals surface area contributed by atoms with Crippen molar-refractivity contribution in [3.05, 3.63) is 74.4 Å². The van der Waals surface area contributed by atoms with Gasteiger partial charge in [-0.1, -0.05) is 17.4 Å². The average Bonchev–Trinajstić information content (AvgIpc) is 3.45. The van der Waals surface area contributed by atoms with Gasteiger partial charge in [0.2, 0.25) is 5.56 Å². The van der Waals surface area contributed by atoms with Gasteiger partial charge in [0.1, 0.15) is 16.8 Å². The van der Waals surface area contributed by atoms with Crippen molar-refractivity contribution in [3.8, 4) is 6.07 Å². The van der Waals surface area contributed by atoms with Crippen LogP contribution in [0, 0.1) is 17.1 Å². The lowest BCUT2D eigenvalue weighted by molar-refractivity contribution is 0.101. The van der Waals surface area contributed by atoms with Gasteiger partial charge in [0.15, 0.2) is 5.13 Å². The smallest absolute Gasteiger partial charge is 0.264 e. The number of hydrogen-bond acceptors (Lipinski definition) is 8. The number of aromatic amines is 1. The van der Waals surface area contributed by atoms with E-state index in [0.29, 0.717) is 59.9 Å². The van der Waals surface area contributed by atoms with Crippen molar-refractivity contribution in [1.82, 2.24) is 14.9 Å². The summed E-state index contributed by atoms with van der Waals surface area (Å²) in [5.41, 5.74) is -0.00641. The molecular weight excluding hydrogens is 555 g/mol.